The Bertz CT molecular complexity index is 361. The van der Waals surface area contributed by atoms with Crippen molar-refractivity contribution in [2.45, 2.75) is 6.54 Å². The summed E-state index contributed by atoms with van der Waals surface area (Å²) in [7, 11) is 0. The van der Waals surface area contributed by atoms with E-state index in [2.05, 4.69) is 0 Å². The molecule has 0 saturated carbocycles. The van der Waals surface area contributed by atoms with Gasteiger partial charge >= 0.3 is 0 Å². The maximum Gasteiger partial charge on any atom is 0.123 e. The highest BCUT2D eigenvalue weighted by molar-refractivity contribution is 5.16. The van der Waals surface area contributed by atoms with Crippen molar-refractivity contribution in [3.8, 4) is 0 Å². The Hall–Kier alpha value is -1.57. The molecule has 1 heterocycles. The molecule has 0 atom stereocenters. The van der Waals surface area contributed by atoms with E-state index in [1.54, 1.807) is 12.1 Å². The Balaban J connectivity index is 2.15. The summed E-state index contributed by atoms with van der Waals surface area (Å²) in [5.41, 5.74) is 1.11. The largest absolute Gasteiger partial charge is 0.350 e. The molecule has 0 radical (unpaired) electrons. The summed E-state index contributed by atoms with van der Waals surface area (Å²) in [4.78, 5) is 0. The number of aromatic nitrogens is 1. The van der Waals surface area contributed by atoms with Crippen LogP contribution in [0.2, 0.25) is 0 Å². The fourth-order valence-electron chi connectivity index (χ4n) is 1.28. The van der Waals surface area contributed by atoms with E-state index in [9.17, 15) is 4.39 Å². The summed E-state index contributed by atoms with van der Waals surface area (Å²) in [6.07, 6.45) is 3.98. The van der Waals surface area contributed by atoms with Crippen molar-refractivity contribution in [2.75, 3.05) is 0 Å². The van der Waals surface area contributed by atoms with Gasteiger partial charge in [-0.25, -0.2) is 4.39 Å². The normalized spacial score (nSPS) is 10.2. The predicted molar refractivity (Wildman–Crippen MR) is 49.9 cm³/mol. The molecule has 1 aromatic carbocycles. The van der Waals surface area contributed by atoms with Crippen LogP contribution in [0.15, 0.2) is 48.8 Å². The zero-order valence-corrected chi connectivity index (χ0v) is 7.15. The van der Waals surface area contributed by atoms with Gasteiger partial charge in [-0.1, -0.05) is 12.1 Å². The smallest absolute Gasteiger partial charge is 0.123 e. The summed E-state index contributed by atoms with van der Waals surface area (Å²) >= 11 is 0. The van der Waals surface area contributed by atoms with E-state index in [0.29, 0.717) is 0 Å². The molecule has 0 fully saturated rings. The molecule has 66 valence electrons. The quantitative estimate of drug-likeness (QED) is 0.661. The highest BCUT2D eigenvalue weighted by atomic mass is 19.1. The minimum absolute atomic E-state index is 0.184. The van der Waals surface area contributed by atoms with Crippen molar-refractivity contribution in [2.24, 2.45) is 0 Å². The minimum atomic E-state index is -0.184. The molecule has 0 saturated heterocycles. The number of halogens is 1. The first-order chi connectivity index (χ1) is 6.34. The highest BCUT2D eigenvalue weighted by Gasteiger charge is 1.93. The topological polar surface area (TPSA) is 4.93 Å². The van der Waals surface area contributed by atoms with Crippen molar-refractivity contribution in [3.63, 3.8) is 0 Å². The third-order valence-corrected chi connectivity index (χ3v) is 1.94. The van der Waals surface area contributed by atoms with Crippen molar-refractivity contribution in [3.05, 3.63) is 60.2 Å². The van der Waals surface area contributed by atoms with E-state index >= 15 is 0 Å². The molecule has 0 spiro atoms. The molecule has 0 bridgehead atoms. The minimum Gasteiger partial charge on any atom is -0.350 e. The molecule has 0 N–H and O–H groups in total. The Morgan fingerprint density at radius 2 is 1.62 bits per heavy atom. The van der Waals surface area contributed by atoms with Gasteiger partial charge in [0.1, 0.15) is 5.82 Å². The van der Waals surface area contributed by atoms with Crippen LogP contribution in [-0.2, 0) is 6.54 Å². The van der Waals surface area contributed by atoms with Gasteiger partial charge in [0, 0.05) is 18.9 Å². The van der Waals surface area contributed by atoms with Gasteiger partial charge in [0.25, 0.3) is 0 Å². The molecule has 0 unspecified atom stereocenters. The van der Waals surface area contributed by atoms with Crippen LogP contribution in [0.3, 0.4) is 0 Å². The maximum absolute atomic E-state index is 12.6. The number of hydrogen-bond acceptors (Lipinski definition) is 0. The average molecular weight is 175 g/mol. The summed E-state index contributed by atoms with van der Waals surface area (Å²) < 4.78 is 14.6. The first-order valence-electron chi connectivity index (χ1n) is 4.20. The fourth-order valence-corrected chi connectivity index (χ4v) is 1.28. The Morgan fingerprint density at radius 1 is 1.00 bits per heavy atom. The molecule has 1 aromatic heterocycles. The number of nitrogens with zero attached hydrogens (tertiary/aromatic N) is 1. The zero-order valence-electron chi connectivity index (χ0n) is 7.15. The second-order valence-corrected chi connectivity index (χ2v) is 2.98. The third kappa shape index (κ3) is 1.96. The van der Waals surface area contributed by atoms with Crippen LogP contribution >= 0.6 is 0 Å². The van der Waals surface area contributed by atoms with Crippen LogP contribution < -0.4 is 0 Å². The first kappa shape index (κ1) is 8.05. The lowest BCUT2D eigenvalue weighted by Gasteiger charge is -2.02. The lowest BCUT2D eigenvalue weighted by molar-refractivity contribution is 0.626. The molecule has 1 nitrogen and oxygen atoms in total. The van der Waals surface area contributed by atoms with E-state index in [0.717, 1.165) is 12.1 Å². The molecule has 0 aliphatic rings. The standard InChI is InChI=1S/C11H10FN/c12-11-5-3-10(4-6-11)9-13-7-1-2-8-13/h1-8H,9H2. The summed E-state index contributed by atoms with van der Waals surface area (Å²) in [5, 5.41) is 0. The van der Waals surface area contributed by atoms with Crippen LogP contribution in [0.4, 0.5) is 4.39 Å². The van der Waals surface area contributed by atoms with Gasteiger partial charge in [0.15, 0.2) is 0 Å². The summed E-state index contributed by atoms with van der Waals surface area (Å²) in [6, 6.07) is 10.5. The Labute approximate surface area is 76.4 Å². The molecule has 0 aliphatic carbocycles. The molecule has 0 amide bonds. The van der Waals surface area contributed by atoms with Crippen molar-refractivity contribution < 1.29 is 4.39 Å². The van der Waals surface area contributed by atoms with Gasteiger partial charge in [0.2, 0.25) is 0 Å². The lowest BCUT2D eigenvalue weighted by Crippen LogP contribution is -1.95. The van der Waals surface area contributed by atoms with Gasteiger partial charge < -0.3 is 4.57 Å². The number of rotatable bonds is 2. The van der Waals surface area contributed by atoms with Crippen LogP contribution in [0.25, 0.3) is 0 Å². The van der Waals surface area contributed by atoms with Gasteiger partial charge in [0.05, 0.1) is 0 Å². The van der Waals surface area contributed by atoms with Crippen LogP contribution in [0, 0.1) is 5.82 Å². The van der Waals surface area contributed by atoms with Gasteiger partial charge in [-0.05, 0) is 29.8 Å². The fraction of sp³-hybridized carbons (Fsp3) is 0.0909. The van der Waals surface area contributed by atoms with Crippen LogP contribution in [-0.4, -0.2) is 4.57 Å². The zero-order chi connectivity index (χ0) is 9.10. The highest BCUT2D eigenvalue weighted by Crippen LogP contribution is 2.05. The van der Waals surface area contributed by atoms with Crippen molar-refractivity contribution >= 4 is 0 Å². The van der Waals surface area contributed by atoms with Crippen molar-refractivity contribution in [1.82, 2.24) is 4.57 Å². The first-order valence-corrected chi connectivity index (χ1v) is 4.20. The molecular formula is C11H10FN. The van der Waals surface area contributed by atoms with Gasteiger partial charge in [-0.15, -0.1) is 0 Å². The summed E-state index contributed by atoms with van der Waals surface area (Å²) in [6.45, 7) is 0.799. The van der Waals surface area contributed by atoms with Crippen LogP contribution in [0.5, 0.6) is 0 Å². The SMILES string of the molecule is Fc1ccc(Cn2cccc2)cc1. The third-order valence-electron chi connectivity index (χ3n) is 1.94. The summed E-state index contributed by atoms with van der Waals surface area (Å²) in [5.74, 6) is -0.184. The van der Waals surface area contributed by atoms with Gasteiger partial charge in [-0.2, -0.15) is 0 Å². The Kier molecular flexibility index (Phi) is 2.13. The predicted octanol–water partition coefficient (Wildman–Crippen LogP) is 2.68. The Morgan fingerprint density at radius 3 is 2.23 bits per heavy atom. The van der Waals surface area contributed by atoms with E-state index in [4.69, 9.17) is 0 Å². The number of benzene rings is 1. The second kappa shape index (κ2) is 3.44. The number of hydrogen-bond donors (Lipinski definition) is 0. The molecule has 2 heteroatoms. The monoisotopic (exact) mass is 175 g/mol. The van der Waals surface area contributed by atoms with E-state index < -0.39 is 0 Å². The molecule has 13 heavy (non-hydrogen) atoms. The van der Waals surface area contributed by atoms with Gasteiger partial charge in [-0.3, -0.25) is 0 Å². The molecule has 0 aliphatic heterocycles. The maximum atomic E-state index is 12.6. The van der Waals surface area contributed by atoms with E-state index in [-0.39, 0.29) is 5.82 Å². The van der Waals surface area contributed by atoms with Crippen LogP contribution in [0.1, 0.15) is 5.56 Å². The van der Waals surface area contributed by atoms with E-state index in [1.165, 1.54) is 12.1 Å². The molecule has 2 aromatic rings. The average Bonchev–Trinajstić information content (AvgIpc) is 2.62. The van der Waals surface area contributed by atoms with Crippen molar-refractivity contribution in [1.29, 1.82) is 0 Å². The lowest BCUT2D eigenvalue weighted by atomic mass is 10.2. The van der Waals surface area contributed by atoms with E-state index in [1.807, 2.05) is 29.1 Å². The molecular weight excluding hydrogens is 165 g/mol. The second-order valence-electron chi connectivity index (χ2n) is 2.98. The molecule has 2 rings (SSSR count).